The molecule has 0 atom stereocenters. The quantitative estimate of drug-likeness (QED) is 0.680. The summed E-state index contributed by atoms with van der Waals surface area (Å²) in [6.45, 7) is 6.12. The molecule has 0 aliphatic rings. The van der Waals surface area contributed by atoms with Crippen molar-refractivity contribution in [3.63, 3.8) is 0 Å². The van der Waals surface area contributed by atoms with Crippen LogP contribution in [0.1, 0.15) is 43.1 Å². The number of nitrogens with zero attached hydrogens (tertiary/aromatic N) is 1. The first-order valence-corrected chi connectivity index (χ1v) is 9.21. The van der Waals surface area contributed by atoms with Crippen molar-refractivity contribution in [2.24, 2.45) is 0 Å². The lowest BCUT2D eigenvalue weighted by molar-refractivity contribution is 0.0951. The summed E-state index contributed by atoms with van der Waals surface area (Å²) in [5.41, 5.74) is 5.04. The van der Waals surface area contributed by atoms with Gasteiger partial charge < -0.3 is 10.6 Å². The van der Waals surface area contributed by atoms with Gasteiger partial charge in [-0.05, 0) is 61.7 Å². The fourth-order valence-electron chi connectivity index (χ4n) is 3.14. The second-order valence-corrected chi connectivity index (χ2v) is 6.97. The van der Waals surface area contributed by atoms with Crippen LogP contribution >= 0.6 is 0 Å². The molecule has 29 heavy (non-hydrogen) atoms. The van der Waals surface area contributed by atoms with Crippen molar-refractivity contribution in [2.45, 2.75) is 27.3 Å². The van der Waals surface area contributed by atoms with E-state index in [2.05, 4.69) is 15.6 Å². The summed E-state index contributed by atoms with van der Waals surface area (Å²) in [7, 11) is 0. The summed E-state index contributed by atoms with van der Waals surface area (Å²) >= 11 is 0. The molecule has 0 aliphatic heterocycles. The highest BCUT2D eigenvalue weighted by atomic mass is 19.1. The van der Waals surface area contributed by atoms with E-state index in [4.69, 9.17) is 0 Å². The van der Waals surface area contributed by atoms with Crippen molar-refractivity contribution in [3.05, 3.63) is 94.1 Å². The van der Waals surface area contributed by atoms with Crippen LogP contribution in [0, 0.1) is 26.6 Å². The molecule has 0 aliphatic carbocycles. The van der Waals surface area contributed by atoms with E-state index in [0.29, 0.717) is 5.56 Å². The predicted octanol–water partition coefficient (Wildman–Crippen LogP) is 4.33. The van der Waals surface area contributed by atoms with E-state index in [9.17, 15) is 14.0 Å². The highest BCUT2D eigenvalue weighted by molar-refractivity contribution is 6.05. The summed E-state index contributed by atoms with van der Waals surface area (Å²) in [5.74, 6) is -1.05. The zero-order chi connectivity index (χ0) is 21.0. The number of aryl methyl sites for hydroxylation is 3. The van der Waals surface area contributed by atoms with Crippen LogP contribution < -0.4 is 10.6 Å². The second-order valence-electron chi connectivity index (χ2n) is 6.97. The normalized spacial score (nSPS) is 10.5. The van der Waals surface area contributed by atoms with Crippen molar-refractivity contribution < 1.29 is 14.0 Å². The largest absolute Gasteiger partial charge is 0.348 e. The van der Waals surface area contributed by atoms with Crippen LogP contribution in [0.3, 0.4) is 0 Å². The van der Waals surface area contributed by atoms with Crippen LogP contribution in [0.2, 0.25) is 0 Å². The number of anilines is 1. The van der Waals surface area contributed by atoms with E-state index < -0.39 is 0 Å². The third-order valence-electron chi connectivity index (χ3n) is 4.54. The minimum absolute atomic E-state index is 0.152. The molecule has 3 rings (SSSR count). The van der Waals surface area contributed by atoms with Gasteiger partial charge in [-0.25, -0.2) is 4.39 Å². The van der Waals surface area contributed by atoms with E-state index in [-0.39, 0.29) is 29.9 Å². The van der Waals surface area contributed by atoms with Crippen molar-refractivity contribution >= 4 is 17.5 Å². The Bertz CT molecular complexity index is 1040. The number of carbonyl (C=O) groups is 2. The Morgan fingerprint density at radius 2 is 1.59 bits per heavy atom. The number of hydrogen-bond donors (Lipinski definition) is 2. The van der Waals surface area contributed by atoms with E-state index in [1.807, 2.05) is 32.9 Å². The molecule has 3 aromatic rings. The van der Waals surface area contributed by atoms with Gasteiger partial charge in [0.05, 0.1) is 0 Å². The summed E-state index contributed by atoms with van der Waals surface area (Å²) in [6, 6.07) is 12.9. The Morgan fingerprint density at radius 1 is 0.931 bits per heavy atom. The molecule has 2 aromatic carbocycles. The van der Waals surface area contributed by atoms with Gasteiger partial charge in [0.2, 0.25) is 0 Å². The number of rotatable bonds is 5. The fraction of sp³-hybridized carbons (Fsp3) is 0.174. The van der Waals surface area contributed by atoms with Crippen LogP contribution in [-0.2, 0) is 6.54 Å². The topological polar surface area (TPSA) is 71.1 Å². The Labute approximate surface area is 169 Å². The highest BCUT2D eigenvalue weighted by Crippen LogP contribution is 2.22. The number of amides is 2. The molecule has 0 saturated heterocycles. The molecular formula is C23H22FN3O2. The van der Waals surface area contributed by atoms with Gasteiger partial charge >= 0.3 is 0 Å². The first-order valence-electron chi connectivity index (χ1n) is 9.21. The number of benzene rings is 2. The Hall–Kier alpha value is -3.54. The lowest BCUT2D eigenvalue weighted by Gasteiger charge is -2.13. The van der Waals surface area contributed by atoms with E-state index >= 15 is 0 Å². The zero-order valence-corrected chi connectivity index (χ0v) is 16.5. The standard InChI is InChI=1S/C23H22FN3O2/c1-14-10-15(2)21(16(3)11-14)27-23(29)20-12-18(8-9-25-20)22(28)26-13-17-4-6-19(24)7-5-17/h4-12H,13H2,1-3H3,(H,26,28)(H,27,29). The lowest BCUT2D eigenvalue weighted by Crippen LogP contribution is -2.24. The smallest absolute Gasteiger partial charge is 0.274 e. The number of carbonyl (C=O) groups excluding carboxylic acids is 2. The maximum absolute atomic E-state index is 13.0. The number of nitrogens with one attached hydrogen (secondary N) is 2. The summed E-state index contributed by atoms with van der Waals surface area (Å²) < 4.78 is 13.0. The van der Waals surface area contributed by atoms with Crippen molar-refractivity contribution in [2.75, 3.05) is 5.32 Å². The molecule has 0 unspecified atom stereocenters. The number of aromatic nitrogens is 1. The Morgan fingerprint density at radius 3 is 2.24 bits per heavy atom. The highest BCUT2D eigenvalue weighted by Gasteiger charge is 2.14. The van der Waals surface area contributed by atoms with E-state index in [1.165, 1.54) is 24.4 Å². The molecule has 1 aromatic heterocycles. The van der Waals surface area contributed by atoms with Gasteiger partial charge in [-0.15, -0.1) is 0 Å². The second kappa shape index (κ2) is 8.65. The van der Waals surface area contributed by atoms with Gasteiger partial charge in [0.15, 0.2) is 0 Å². The lowest BCUT2D eigenvalue weighted by atomic mass is 10.0. The predicted molar refractivity (Wildman–Crippen MR) is 110 cm³/mol. The van der Waals surface area contributed by atoms with Gasteiger partial charge in [0, 0.05) is 24.0 Å². The van der Waals surface area contributed by atoms with Crippen LogP contribution in [0.4, 0.5) is 10.1 Å². The molecule has 0 fully saturated rings. The van der Waals surface area contributed by atoms with Crippen molar-refractivity contribution in [1.29, 1.82) is 0 Å². The average molecular weight is 391 g/mol. The Kier molecular flexibility index (Phi) is 6.02. The van der Waals surface area contributed by atoms with Crippen LogP contribution in [0.15, 0.2) is 54.7 Å². The first-order chi connectivity index (χ1) is 13.8. The van der Waals surface area contributed by atoms with Gasteiger partial charge in [-0.1, -0.05) is 29.8 Å². The number of pyridine rings is 1. The third-order valence-corrected chi connectivity index (χ3v) is 4.54. The fourth-order valence-corrected chi connectivity index (χ4v) is 3.14. The molecule has 0 spiro atoms. The molecule has 2 amide bonds. The minimum Gasteiger partial charge on any atom is -0.348 e. The van der Waals surface area contributed by atoms with Crippen LogP contribution in [-0.4, -0.2) is 16.8 Å². The molecule has 5 nitrogen and oxygen atoms in total. The summed E-state index contributed by atoms with van der Waals surface area (Å²) in [5, 5.41) is 5.64. The van der Waals surface area contributed by atoms with Gasteiger partial charge in [-0.2, -0.15) is 0 Å². The zero-order valence-electron chi connectivity index (χ0n) is 16.5. The van der Waals surface area contributed by atoms with E-state index in [1.54, 1.807) is 18.2 Å². The van der Waals surface area contributed by atoms with Gasteiger partial charge in [0.1, 0.15) is 11.5 Å². The summed E-state index contributed by atoms with van der Waals surface area (Å²) in [6.07, 6.45) is 1.43. The van der Waals surface area contributed by atoms with Crippen LogP contribution in [0.25, 0.3) is 0 Å². The SMILES string of the molecule is Cc1cc(C)c(NC(=O)c2cc(C(=O)NCc3ccc(F)cc3)ccn2)c(C)c1. The van der Waals surface area contributed by atoms with E-state index in [0.717, 1.165) is 27.9 Å². The van der Waals surface area contributed by atoms with Crippen molar-refractivity contribution in [3.8, 4) is 0 Å². The number of hydrogen-bond acceptors (Lipinski definition) is 3. The minimum atomic E-state index is -0.381. The van der Waals surface area contributed by atoms with Gasteiger partial charge in [0.25, 0.3) is 11.8 Å². The number of halogens is 1. The maximum Gasteiger partial charge on any atom is 0.274 e. The Balaban J connectivity index is 1.70. The van der Waals surface area contributed by atoms with Crippen LogP contribution in [0.5, 0.6) is 0 Å². The van der Waals surface area contributed by atoms with Gasteiger partial charge in [-0.3, -0.25) is 14.6 Å². The monoisotopic (exact) mass is 391 g/mol. The molecule has 1 heterocycles. The molecule has 6 heteroatoms. The average Bonchev–Trinajstić information content (AvgIpc) is 2.70. The third kappa shape index (κ3) is 5.04. The molecular weight excluding hydrogens is 369 g/mol. The first kappa shape index (κ1) is 20.2. The molecule has 0 saturated carbocycles. The maximum atomic E-state index is 13.0. The van der Waals surface area contributed by atoms with Crippen molar-refractivity contribution in [1.82, 2.24) is 10.3 Å². The molecule has 148 valence electrons. The molecule has 0 bridgehead atoms. The summed E-state index contributed by atoms with van der Waals surface area (Å²) in [4.78, 5) is 29.2. The molecule has 2 N–H and O–H groups in total. The molecule has 0 radical (unpaired) electrons.